The molecule has 2 aromatic carbocycles. The molecular formula is C16H16ClNO3S. The van der Waals surface area contributed by atoms with Crippen molar-refractivity contribution in [3.8, 4) is 0 Å². The second-order valence-corrected chi connectivity index (χ2v) is 6.90. The Labute approximate surface area is 135 Å². The van der Waals surface area contributed by atoms with Gasteiger partial charge in [0, 0.05) is 10.6 Å². The minimum Gasteiger partial charge on any atom is -0.474 e. The summed E-state index contributed by atoms with van der Waals surface area (Å²) in [5.74, 6) is 0.0746. The lowest BCUT2D eigenvalue weighted by atomic mass is 10.2. The van der Waals surface area contributed by atoms with Crippen LogP contribution < -0.4 is 0 Å². The van der Waals surface area contributed by atoms with Gasteiger partial charge in [0.2, 0.25) is 5.90 Å². The standard InChI is InChI=1S/C16H16ClNO3S/c1-12(2)21-16(13-6-4-3-5-7-13)18-22(19,20)15-10-8-14(17)9-11-15/h3-12H,1-2H3/b18-16+. The second-order valence-electron chi connectivity index (χ2n) is 4.86. The molecule has 0 saturated carbocycles. The van der Waals surface area contributed by atoms with Crippen LogP contribution in [0.2, 0.25) is 5.02 Å². The molecule has 0 spiro atoms. The van der Waals surface area contributed by atoms with E-state index >= 15 is 0 Å². The summed E-state index contributed by atoms with van der Waals surface area (Å²) in [5.41, 5.74) is 0.605. The van der Waals surface area contributed by atoms with Crippen molar-refractivity contribution in [2.75, 3.05) is 0 Å². The lowest BCUT2D eigenvalue weighted by molar-refractivity contribution is 0.230. The van der Waals surface area contributed by atoms with Gasteiger partial charge in [-0.1, -0.05) is 29.8 Å². The largest absolute Gasteiger partial charge is 0.474 e. The van der Waals surface area contributed by atoms with Crippen LogP contribution in [0.4, 0.5) is 0 Å². The molecule has 0 unspecified atom stereocenters. The number of hydrogen-bond acceptors (Lipinski definition) is 3. The molecule has 4 nitrogen and oxygen atoms in total. The molecule has 22 heavy (non-hydrogen) atoms. The average molecular weight is 338 g/mol. The summed E-state index contributed by atoms with van der Waals surface area (Å²) in [4.78, 5) is 0.0673. The highest BCUT2D eigenvalue weighted by atomic mass is 35.5. The van der Waals surface area contributed by atoms with E-state index < -0.39 is 10.0 Å². The van der Waals surface area contributed by atoms with Gasteiger partial charge in [-0.15, -0.1) is 4.40 Å². The van der Waals surface area contributed by atoms with Crippen LogP contribution in [-0.4, -0.2) is 20.4 Å². The topological polar surface area (TPSA) is 55.7 Å². The molecule has 0 N–H and O–H groups in total. The third-order valence-corrected chi connectivity index (χ3v) is 4.21. The predicted molar refractivity (Wildman–Crippen MR) is 87.8 cm³/mol. The van der Waals surface area contributed by atoms with Gasteiger partial charge in [-0.2, -0.15) is 8.42 Å². The van der Waals surface area contributed by atoms with Crippen molar-refractivity contribution >= 4 is 27.5 Å². The van der Waals surface area contributed by atoms with Gasteiger partial charge in [0.05, 0.1) is 11.0 Å². The smallest absolute Gasteiger partial charge is 0.285 e. The zero-order valence-electron chi connectivity index (χ0n) is 12.2. The summed E-state index contributed by atoms with van der Waals surface area (Å²) in [6.07, 6.45) is -0.195. The van der Waals surface area contributed by atoms with Crippen LogP contribution in [0.15, 0.2) is 63.9 Å². The number of benzene rings is 2. The summed E-state index contributed by atoms with van der Waals surface area (Å²) in [5, 5.41) is 0.463. The normalized spacial score (nSPS) is 12.5. The Balaban J connectivity index is 2.46. The molecule has 6 heteroatoms. The molecule has 0 fully saturated rings. The van der Waals surface area contributed by atoms with Gasteiger partial charge in [-0.05, 0) is 50.2 Å². The third kappa shape index (κ3) is 4.32. The molecule has 0 aromatic heterocycles. The van der Waals surface area contributed by atoms with Gasteiger partial charge < -0.3 is 4.74 Å². The maximum Gasteiger partial charge on any atom is 0.285 e. The number of rotatable bonds is 4. The Kier molecular flexibility index (Phi) is 5.21. The number of sulfonamides is 1. The summed E-state index contributed by atoms with van der Waals surface area (Å²) < 4.78 is 34.2. The molecule has 116 valence electrons. The third-order valence-electron chi connectivity index (χ3n) is 2.68. The van der Waals surface area contributed by atoms with E-state index in [1.54, 1.807) is 24.3 Å². The van der Waals surface area contributed by atoms with Crippen LogP contribution in [-0.2, 0) is 14.8 Å². The van der Waals surface area contributed by atoms with Crippen molar-refractivity contribution < 1.29 is 13.2 Å². The summed E-state index contributed by atoms with van der Waals surface area (Å²) >= 11 is 5.78. The lowest BCUT2D eigenvalue weighted by Gasteiger charge is -2.12. The summed E-state index contributed by atoms with van der Waals surface area (Å²) in [6.45, 7) is 3.63. The number of halogens is 1. The van der Waals surface area contributed by atoms with Crippen LogP contribution in [0, 0.1) is 0 Å². The molecule has 2 aromatic rings. The zero-order valence-corrected chi connectivity index (χ0v) is 13.8. The SMILES string of the molecule is CC(C)O/C(=N/S(=O)(=O)c1ccc(Cl)cc1)c1ccccc1. The van der Waals surface area contributed by atoms with E-state index in [1.807, 2.05) is 19.9 Å². The predicted octanol–water partition coefficient (Wildman–Crippen LogP) is 3.90. The molecule has 0 aliphatic carbocycles. The van der Waals surface area contributed by atoms with Gasteiger partial charge in [-0.3, -0.25) is 0 Å². The first-order valence-electron chi connectivity index (χ1n) is 6.71. The Morgan fingerprint density at radius 2 is 1.64 bits per heavy atom. The van der Waals surface area contributed by atoms with Crippen molar-refractivity contribution in [3.63, 3.8) is 0 Å². The molecule has 0 amide bonds. The first kappa shape index (κ1) is 16.5. The molecule has 0 atom stereocenters. The maximum atomic E-state index is 12.4. The van der Waals surface area contributed by atoms with Crippen LogP contribution in [0.25, 0.3) is 0 Å². The zero-order chi connectivity index (χ0) is 16.2. The molecule has 0 heterocycles. The molecule has 0 bridgehead atoms. The minimum absolute atomic E-state index is 0.0673. The quantitative estimate of drug-likeness (QED) is 0.628. The molecule has 2 rings (SSSR count). The maximum absolute atomic E-state index is 12.4. The van der Waals surface area contributed by atoms with Crippen LogP contribution in [0.3, 0.4) is 0 Å². The number of hydrogen-bond donors (Lipinski definition) is 0. The Morgan fingerprint density at radius 1 is 1.05 bits per heavy atom. The van der Waals surface area contributed by atoms with E-state index in [0.29, 0.717) is 10.6 Å². The first-order valence-corrected chi connectivity index (χ1v) is 8.53. The molecule has 0 aliphatic heterocycles. The van der Waals surface area contributed by atoms with Crippen molar-refractivity contribution in [1.29, 1.82) is 0 Å². The fourth-order valence-corrected chi connectivity index (χ4v) is 2.79. The van der Waals surface area contributed by atoms with Crippen molar-refractivity contribution in [1.82, 2.24) is 0 Å². The Hall–Kier alpha value is -1.85. The van der Waals surface area contributed by atoms with E-state index in [1.165, 1.54) is 24.3 Å². The van der Waals surface area contributed by atoms with Gasteiger partial charge in [0.1, 0.15) is 0 Å². The van der Waals surface area contributed by atoms with E-state index in [0.717, 1.165) is 0 Å². The molecule has 0 saturated heterocycles. The number of ether oxygens (including phenoxy) is 1. The second kappa shape index (κ2) is 6.94. The van der Waals surface area contributed by atoms with Crippen molar-refractivity contribution in [2.24, 2.45) is 4.40 Å². The highest BCUT2D eigenvalue weighted by Crippen LogP contribution is 2.18. The van der Waals surface area contributed by atoms with E-state index in [4.69, 9.17) is 16.3 Å². The van der Waals surface area contributed by atoms with Gasteiger partial charge in [0.25, 0.3) is 10.0 Å². The Bertz CT molecular complexity index is 754. The molecule has 0 aliphatic rings. The molecule has 0 radical (unpaired) electrons. The minimum atomic E-state index is -3.87. The fraction of sp³-hybridized carbons (Fsp3) is 0.188. The Morgan fingerprint density at radius 3 is 2.18 bits per heavy atom. The number of nitrogens with zero attached hydrogens (tertiary/aromatic N) is 1. The molecular weight excluding hydrogens is 322 g/mol. The summed E-state index contributed by atoms with van der Waals surface area (Å²) in [6, 6.07) is 14.8. The highest BCUT2D eigenvalue weighted by molar-refractivity contribution is 7.90. The highest BCUT2D eigenvalue weighted by Gasteiger charge is 2.17. The van der Waals surface area contributed by atoms with Crippen LogP contribution >= 0.6 is 11.6 Å². The van der Waals surface area contributed by atoms with E-state index in [-0.39, 0.29) is 16.9 Å². The monoisotopic (exact) mass is 337 g/mol. The van der Waals surface area contributed by atoms with E-state index in [9.17, 15) is 8.42 Å². The van der Waals surface area contributed by atoms with Crippen LogP contribution in [0.1, 0.15) is 19.4 Å². The first-order chi connectivity index (χ1) is 10.4. The van der Waals surface area contributed by atoms with Crippen LogP contribution in [0.5, 0.6) is 0 Å². The summed E-state index contributed by atoms with van der Waals surface area (Å²) in [7, 11) is -3.87. The lowest BCUT2D eigenvalue weighted by Crippen LogP contribution is -2.15. The average Bonchev–Trinajstić information content (AvgIpc) is 2.47. The van der Waals surface area contributed by atoms with Gasteiger partial charge in [0.15, 0.2) is 0 Å². The van der Waals surface area contributed by atoms with Crippen molar-refractivity contribution in [2.45, 2.75) is 24.8 Å². The van der Waals surface area contributed by atoms with Gasteiger partial charge in [-0.25, -0.2) is 0 Å². The van der Waals surface area contributed by atoms with E-state index in [2.05, 4.69) is 4.40 Å². The fourth-order valence-electron chi connectivity index (χ4n) is 1.71. The van der Waals surface area contributed by atoms with Gasteiger partial charge >= 0.3 is 0 Å². The van der Waals surface area contributed by atoms with Crippen molar-refractivity contribution in [3.05, 3.63) is 65.2 Å².